The zero-order chi connectivity index (χ0) is 28.5. The van der Waals surface area contributed by atoms with Crippen molar-refractivity contribution in [3.05, 3.63) is 45.0 Å². The summed E-state index contributed by atoms with van der Waals surface area (Å²) in [5.41, 5.74) is 2.11. The van der Waals surface area contributed by atoms with Crippen LogP contribution in [-0.2, 0) is 33.9 Å². The quantitative estimate of drug-likeness (QED) is 0.335. The van der Waals surface area contributed by atoms with Gasteiger partial charge >= 0.3 is 0 Å². The van der Waals surface area contributed by atoms with Gasteiger partial charge in [-0.1, -0.05) is 20.3 Å². The van der Waals surface area contributed by atoms with Gasteiger partial charge in [-0.2, -0.15) is 0 Å². The first-order chi connectivity index (χ1) is 18.4. The number of ketones is 2. The van der Waals surface area contributed by atoms with E-state index in [-0.39, 0.29) is 41.8 Å². The molecule has 6 N–H and O–H groups in total. The van der Waals surface area contributed by atoms with E-state index in [4.69, 9.17) is 5.73 Å². The number of nitrogens with zero attached hydrogens (tertiary/aromatic N) is 2. The molecule has 0 aromatic heterocycles. The van der Waals surface area contributed by atoms with E-state index in [0.29, 0.717) is 30.8 Å². The average Bonchev–Trinajstić information content (AvgIpc) is 3.32. The van der Waals surface area contributed by atoms with Crippen LogP contribution >= 0.6 is 0 Å². The van der Waals surface area contributed by atoms with Crippen LogP contribution in [0, 0.1) is 17.7 Å². The lowest BCUT2D eigenvalue weighted by Crippen LogP contribution is -2.66. The van der Waals surface area contributed by atoms with Crippen LogP contribution in [0.1, 0.15) is 55.4 Å². The number of halogens is 1. The number of benzene rings is 1. The van der Waals surface area contributed by atoms with Gasteiger partial charge in [0.25, 0.3) is 5.91 Å². The summed E-state index contributed by atoms with van der Waals surface area (Å²) in [5.74, 6) is -7.87. The molecule has 3 aliphatic carbocycles. The van der Waals surface area contributed by atoms with Crippen LogP contribution in [0.25, 0.3) is 5.76 Å². The maximum atomic E-state index is 15.9. The molecule has 210 valence electrons. The van der Waals surface area contributed by atoms with Gasteiger partial charge in [0.2, 0.25) is 5.78 Å². The molecule has 39 heavy (non-hydrogen) atoms. The highest BCUT2D eigenvalue weighted by molar-refractivity contribution is 6.24. The van der Waals surface area contributed by atoms with E-state index >= 15 is 4.39 Å². The van der Waals surface area contributed by atoms with Gasteiger partial charge in [-0.3, -0.25) is 24.2 Å². The average molecular weight is 544 g/mol. The third kappa shape index (κ3) is 3.66. The van der Waals surface area contributed by atoms with Crippen molar-refractivity contribution in [1.82, 2.24) is 9.80 Å². The van der Waals surface area contributed by atoms with Gasteiger partial charge in [-0.25, -0.2) is 4.39 Å². The number of likely N-dealkylation sites (N-methyl/N-ethyl adjacent to an activating group) is 1. The predicted molar refractivity (Wildman–Crippen MR) is 138 cm³/mol. The Bertz CT molecular complexity index is 1370. The molecule has 1 saturated carbocycles. The first-order valence-electron chi connectivity index (χ1n) is 13.4. The maximum absolute atomic E-state index is 15.9. The highest BCUT2D eigenvalue weighted by Crippen LogP contribution is 2.54. The molecule has 10 nitrogen and oxygen atoms in total. The molecule has 11 heteroatoms. The van der Waals surface area contributed by atoms with Crippen molar-refractivity contribution in [2.24, 2.45) is 17.6 Å². The maximum Gasteiger partial charge on any atom is 0.255 e. The van der Waals surface area contributed by atoms with Crippen molar-refractivity contribution in [2.75, 3.05) is 20.1 Å². The van der Waals surface area contributed by atoms with Gasteiger partial charge < -0.3 is 26.2 Å². The molecule has 1 aliphatic heterocycles. The molecule has 1 amide bonds. The SMILES string of the molecule is CCCCN1Cc2c(O)c3c(c(F)c2C1)C[C@H]1C[C@H]2[C@H](N(C)CC)C(=O)C(C(N)=O)=C(O)[C@@]2(O)C(=O)C1=C3O. The molecule has 1 aromatic carbocycles. The molecule has 1 heterocycles. The third-order valence-electron chi connectivity index (χ3n) is 9.04. The Hall–Kier alpha value is -3.28. The van der Waals surface area contributed by atoms with Crippen LogP contribution in [0.3, 0.4) is 0 Å². The summed E-state index contributed by atoms with van der Waals surface area (Å²) in [6.07, 6.45) is 1.72. The number of rotatable bonds is 6. The first kappa shape index (κ1) is 27.3. The van der Waals surface area contributed by atoms with E-state index in [2.05, 4.69) is 0 Å². The second kappa shape index (κ2) is 9.42. The number of unbranched alkanes of at least 4 members (excludes halogenated alkanes) is 1. The van der Waals surface area contributed by atoms with Crippen LogP contribution in [0.5, 0.6) is 5.75 Å². The second-order valence-electron chi connectivity index (χ2n) is 11.1. The highest BCUT2D eigenvalue weighted by atomic mass is 19.1. The lowest BCUT2D eigenvalue weighted by molar-refractivity contribution is -0.154. The minimum atomic E-state index is -2.72. The Kier molecular flexibility index (Phi) is 6.60. The number of Topliss-reactive ketones (excluding diaryl/α,β-unsaturated/α-hetero) is 2. The number of hydrogen-bond acceptors (Lipinski definition) is 9. The Balaban J connectivity index is 1.67. The summed E-state index contributed by atoms with van der Waals surface area (Å²) < 4.78 is 15.9. The highest BCUT2D eigenvalue weighted by Gasteiger charge is 2.64. The van der Waals surface area contributed by atoms with Gasteiger partial charge in [-0.15, -0.1) is 0 Å². The molecular formula is C28H34FN3O7. The number of phenols is 1. The molecule has 0 radical (unpaired) electrons. The number of phenolic OH excluding ortho intramolecular Hbond substituents is 1. The van der Waals surface area contributed by atoms with E-state index in [1.54, 1.807) is 18.9 Å². The van der Waals surface area contributed by atoms with E-state index in [9.17, 15) is 34.8 Å². The van der Waals surface area contributed by atoms with Crippen LogP contribution in [0.2, 0.25) is 0 Å². The van der Waals surface area contributed by atoms with Crippen LogP contribution in [-0.4, -0.2) is 79.5 Å². The number of fused-ring (bicyclic) bond motifs is 4. The lowest BCUT2D eigenvalue weighted by atomic mass is 9.57. The van der Waals surface area contributed by atoms with E-state index in [1.807, 2.05) is 11.8 Å². The van der Waals surface area contributed by atoms with Gasteiger partial charge in [0.05, 0.1) is 11.6 Å². The minimum absolute atomic E-state index is 0.0570. The number of aromatic hydroxyl groups is 1. The molecule has 0 saturated heterocycles. The van der Waals surface area contributed by atoms with Crippen LogP contribution in [0.15, 0.2) is 16.9 Å². The number of nitrogens with two attached hydrogens (primary N) is 1. The Morgan fingerprint density at radius 2 is 1.82 bits per heavy atom. The fourth-order valence-corrected chi connectivity index (χ4v) is 6.93. The van der Waals surface area contributed by atoms with Crippen molar-refractivity contribution in [2.45, 2.75) is 64.3 Å². The largest absolute Gasteiger partial charge is 0.508 e. The van der Waals surface area contributed by atoms with Gasteiger partial charge in [0.15, 0.2) is 11.4 Å². The topological polar surface area (TPSA) is 165 Å². The molecule has 0 bridgehead atoms. The summed E-state index contributed by atoms with van der Waals surface area (Å²) in [4.78, 5) is 43.0. The molecular weight excluding hydrogens is 509 g/mol. The molecule has 1 fully saturated rings. The zero-order valence-electron chi connectivity index (χ0n) is 22.3. The number of carbonyl (C=O) groups excluding carboxylic acids is 3. The fraction of sp³-hybridized carbons (Fsp3) is 0.536. The monoisotopic (exact) mass is 543 g/mol. The van der Waals surface area contributed by atoms with E-state index < -0.39 is 63.9 Å². The van der Waals surface area contributed by atoms with Gasteiger partial charge in [0, 0.05) is 41.3 Å². The van der Waals surface area contributed by atoms with Crippen molar-refractivity contribution in [1.29, 1.82) is 0 Å². The Morgan fingerprint density at radius 3 is 2.44 bits per heavy atom. The molecule has 1 aromatic rings. The first-order valence-corrected chi connectivity index (χ1v) is 13.4. The third-order valence-corrected chi connectivity index (χ3v) is 9.04. The van der Waals surface area contributed by atoms with E-state index in [0.717, 1.165) is 12.8 Å². The summed E-state index contributed by atoms with van der Waals surface area (Å²) >= 11 is 0. The van der Waals surface area contributed by atoms with Crippen molar-refractivity contribution < 1.29 is 39.2 Å². The second-order valence-corrected chi connectivity index (χ2v) is 11.1. The fourth-order valence-electron chi connectivity index (χ4n) is 6.93. The van der Waals surface area contributed by atoms with Gasteiger partial charge in [-0.05, 0) is 45.3 Å². The summed E-state index contributed by atoms with van der Waals surface area (Å²) in [7, 11) is 1.58. The summed E-state index contributed by atoms with van der Waals surface area (Å²) in [5, 5.41) is 45.2. The van der Waals surface area contributed by atoms with Gasteiger partial charge in [0.1, 0.15) is 28.7 Å². The van der Waals surface area contributed by atoms with Crippen molar-refractivity contribution in [3.8, 4) is 5.75 Å². The smallest absolute Gasteiger partial charge is 0.255 e. The Morgan fingerprint density at radius 1 is 1.15 bits per heavy atom. The van der Waals surface area contributed by atoms with E-state index in [1.165, 1.54) is 0 Å². The van der Waals surface area contributed by atoms with Crippen molar-refractivity contribution >= 4 is 23.2 Å². The van der Waals surface area contributed by atoms with Crippen molar-refractivity contribution in [3.63, 3.8) is 0 Å². The minimum Gasteiger partial charge on any atom is -0.508 e. The number of aliphatic hydroxyl groups is 3. The number of amides is 1. The summed E-state index contributed by atoms with van der Waals surface area (Å²) in [6, 6.07) is -1.17. The standard InChI is InChI=1S/C28H34FN3O7/c1-4-6-7-32-10-14-15(11-32)22(33)18-13(20(14)29)8-12-9-16-21(31(3)5-2)24(35)19(27(30)38)26(37)28(16,39)25(36)17(12)23(18)34/h12,16,21,33-34,37,39H,4-11H2,1-3H3,(H2,30,38)/t12-,16-,21-,28-/m0/s1. The molecule has 4 aliphatic rings. The summed E-state index contributed by atoms with van der Waals surface area (Å²) in [6.45, 7) is 5.42. The molecule has 0 spiro atoms. The Labute approximate surface area is 225 Å². The number of hydrogen-bond donors (Lipinski definition) is 5. The molecule has 5 rings (SSSR count). The number of carbonyl (C=O) groups is 3. The lowest BCUT2D eigenvalue weighted by Gasteiger charge is -2.50. The number of primary amides is 1. The molecule has 0 unspecified atom stereocenters. The zero-order valence-corrected chi connectivity index (χ0v) is 22.3. The van der Waals surface area contributed by atoms with Crippen LogP contribution < -0.4 is 5.73 Å². The number of aliphatic hydroxyl groups excluding tert-OH is 2. The van der Waals surface area contributed by atoms with Crippen LogP contribution in [0.4, 0.5) is 4.39 Å². The predicted octanol–water partition coefficient (Wildman–Crippen LogP) is 1.61. The molecule has 4 atom stereocenters. The normalized spacial score (nSPS) is 28.5.